The van der Waals surface area contributed by atoms with Crippen LogP contribution in [0, 0.1) is 39.0 Å². The van der Waals surface area contributed by atoms with Crippen molar-refractivity contribution in [1.82, 2.24) is 9.13 Å². The van der Waals surface area contributed by atoms with Gasteiger partial charge in [-0.1, -0.05) is 11.3 Å². The number of nitrogens with zero attached hydrogens (tertiary/aromatic N) is 4. The number of aromatic nitrogens is 2. The van der Waals surface area contributed by atoms with E-state index in [4.69, 9.17) is 14.2 Å². The topological polar surface area (TPSA) is 108 Å². The Morgan fingerprint density at radius 1 is 1.12 bits per heavy atom. The number of allylic oxidation sites excluding steroid dienone is 1. The standard InChI is InChI=1S/C32H32N4O5S2/c1-9-41-31(38)27-18(4)34-32-36(28(27)23-11-10-22(39-7)14-25(23)40-8)29(37)26(43-32)13-21-12-16(2)35(19(21)5)30-24(15-33)17(3)20(6)42-30/h10-14,28H,9H2,1-8H3/b26-13+/t28-/m0/s1. The molecule has 0 aliphatic carbocycles. The van der Waals surface area contributed by atoms with Crippen molar-refractivity contribution in [1.29, 1.82) is 5.26 Å². The SMILES string of the molecule is CCOC(=O)C1=C(C)N=c2s/c(=C/c3cc(C)n(-c4sc(C)c(C)c4C#N)c3C)c(=O)n2[C@H]1c1ccc(OC)cc1OC. The van der Waals surface area contributed by atoms with Gasteiger partial charge in [0.1, 0.15) is 28.6 Å². The molecule has 3 aromatic heterocycles. The van der Waals surface area contributed by atoms with Crippen LogP contribution in [0.2, 0.25) is 0 Å². The number of methoxy groups -OCH3 is 2. The van der Waals surface area contributed by atoms with Crippen LogP contribution in [0.4, 0.5) is 0 Å². The van der Waals surface area contributed by atoms with Gasteiger partial charge in [0.05, 0.1) is 42.2 Å². The molecule has 0 amide bonds. The van der Waals surface area contributed by atoms with E-state index in [-0.39, 0.29) is 17.7 Å². The molecule has 0 fully saturated rings. The Bertz CT molecular complexity index is 2030. The van der Waals surface area contributed by atoms with Gasteiger partial charge < -0.3 is 18.8 Å². The summed E-state index contributed by atoms with van der Waals surface area (Å²) < 4.78 is 20.6. The largest absolute Gasteiger partial charge is 0.497 e. The second kappa shape index (κ2) is 11.7. The number of fused-ring (bicyclic) bond motifs is 1. The summed E-state index contributed by atoms with van der Waals surface area (Å²) in [7, 11) is 3.09. The van der Waals surface area contributed by atoms with Crippen LogP contribution < -0.4 is 24.4 Å². The summed E-state index contributed by atoms with van der Waals surface area (Å²) in [5.74, 6) is 0.505. The van der Waals surface area contributed by atoms with Gasteiger partial charge in [-0.25, -0.2) is 9.79 Å². The fourth-order valence-corrected chi connectivity index (χ4v) is 7.67. The zero-order chi connectivity index (χ0) is 31.2. The minimum Gasteiger partial charge on any atom is -0.497 e. The maximum Gasteiger partial charge on any atom is 0.338 e. The first-order valence-corrected chi connectivity index (χ1v) is 15.3. The third kappa shape index (κ3) is 5.00. The van der Waals surface area contributed by atoms with Gasteiger partial charge in [-0.2, -0.15) is 5.26 Å². The third-order valence-corrected chi connectivity index (χ3v) is 9.87. The molecule has 0 bridgehead atoms. The molecule has 0 radical (unpaired) electrons. The summed E-state index contributed by atoms with van der Waals surface area (Å²) in [4.78, 5) is 33.7. The smallest absolute Gasteiger partial charge is 0.338 e. The maximum atomic E-state index is 14.2. The number of ether oxygens (including phenoxy) is 3. The summed E-state index contributed by atoms with van der Waals surface area (Å²) in [6, 6.07) is 8.84. The van der Waals surface area contributed by atoms with Gasteiger partial charge in [0.25, 0.3) is 5.56 Å². The molecule has 4 heterocycles. The molecule has 5 rings (SSSR count). The normalized spacial score (nSPS) is 14.8. The van der Waals surface area contributed by atoms with E-state index < -0.39 is 12.0 Å². The lowest BCUT2D eigenvalue weighted by molar-refractivity contribution is -0.139. The summed E-state index contributed by atoms with van der Waals surface area (Å²) in [5.41, 5.74) is 5.43. The number of rotatable bonds is 7. The van der Waals surface area contributed by atoms with Gasteiger partial charge in [-0.3, -0.25) is 9.36 Å². The highest BCUT2D eigenvalue weighted by atomic mass is 32.1. The number of thiophene rings is 1. The molecule has 1 aliphatic rings. The molecule has 0 N–H and O–H groups in total. The van der Waals surface area contributed by atoms with Gasteiger partial charge in [0.15, 0.2) is 4.80 Å². The Hall–Kier alpha value is -4.40. The number of carbonyl (C=O) groups excluding carboxylic acids is 1. The molecule has 11 heteroatoms. The van der Waals surface area contributed by atoms with E-state index in [1.54, 1.807) is 55.1 Å². The number of carbonyl (C=O) groups is 1. The van der Waals surface area contributed by atoms with Crippen molar-refractivity contribution in [2.45, 2.75) is 47.6 Å². The predicted molar refractivity (Wildman–Crippen MR) is 167 cm³/mol. The van der Waals surface area contributed by atoms with Crippen LogP contribution in [0.1, 0.15) is 58.4 Å². The van der Waals surface area contributed by atoms with Crippen LogP contribution in [0.3, 0.4) is 0 Å². The number of esters is 1. The van der Waals surface area contributed by atoms with E-state index in [1.165, 1.54) is 18.4 Å². The average molecular weight is 617 g/mol. The second-order valence-electron chi connectivity index (χ2n) is 10.1. The minimum absolute atomic E-state index is 0.179. The van der Waals surface area contributed by atoms with Crippen LogP contribution in [0.15, 0.2) is 45.3 Å². The Kier molecular flexibility index (Phi) is 8.18. The van der Waals surface area contributed by atoms with E-state index in [9.17, 15) is 14.9 Å². The van der Waals surface area contributed by atoms with E-state index in [1.807, 2.05) is 39.8 Å². The summed E-state index contributed by atoms with van der Waals surface area (Å²) in [6.07, 6.45) is 1.85. The molecule has 1 aliphatic heterocycles. The lowest BCUT2D eigenvalue weighted by Gasteiger charge is -2.26. The molecule has 1 aromatic carbocycles. The molecule has 0 saturated heterocycles. The molecular weight excluding hydrogens is 585 g/mol. The molecule has 0 saturated carbocycles. The highest BCUT2D eigenvalue weighted by Crippen LogP contribution is 2.38. The van der Waals surface area contributed by atoms with E-state index in [0.29, 0.717) is 37.7 Å². The first-order chi connectivity index (χ1) is 20.6. The minimum atomic E-state index is -0.819. The van der Waals surface area contributed by atoms with Crippen molar-refractivity contribution in [2.24, 2.45) is 4.99 Å². The number of nitriles is 1. The molecule has 9 nitrogen and oxygen atoms in total. The highest BCUT2D eigenvalue weighted by Gasteiger charge is 2.35. The second-order valence-corrected chi connectivity index (χ2v) is 12.4. The number of benzene rings is 1. The van der Waals surface area contributed by atoms with Crippen molar-refractivity contribution in [2.75, 3.05) is 20.8 Å². The summed E-state index contributed by atoms with van der Waals surface area (Å²) in [5, 5.41) is 10.7. The fourth-order valence-electron chi connectivity index (χ4n) is 5.42. The van der Waals surface area contributed by atoms with E-state index in [2.05, 4.69) is 15.6 Å². The molecule has 222 valence electrons. The zero-order valence-electron chi connectivity index (χ0n) is 25.3. The predicted octanol–water partition coefficient (Wildman–Crippen LogP) is 4.77. The van der Waals surface area contributed by atoms with Crippen molar-refractivity contribution < 1.29 is 19.0 Å². The molecule has 4 aromatic rings. The van der Waals surface area contributed by atoms with Crippen LogP contribution >= 0.6 is 22.7 Å². The summed E-state index contributed by atoms with van der Waals surface area (Å²) in [6.45, 7) is 11.6. The van der Waals surface area contributed by atoms with Gasteiger partial charge >= 0.3 is 5.97 Å². The quantitative estimate of drug-likeness (QED) is 0.277. The van der Waals surface area contributed by atoms with E-state index in [0.717, 1.165) is 32.4 Å². The molecule has 0 spiro atoms. The number of hydrogen-bond donors (Lipinski definition) is 0. The lowest BCUT2D eigenvalue weighted by Crippen LogP contribution is -2.40. The number of thiazole rings is 1. The van der Waals surface area contributed by atoms with Crippen LogP contribution in [0.25, 0.3) is 11.1 Å². The van der Waals surface area contributed by atoms with Gasteiger partial charge in [0, 0.05) is 27.9 Å². The zero-order valence-corrected chi connectivity index (χ0v) is 27.0. The maximum absolute atomic E-state index is 14.2. The molecule has 1 atom stereocenters. The third-order valence-electron chi connectivity index (χ3n) is 7.69. The highest BCUT2D eigenvalue weighted by molar-refractivity contribution is 7.15. The monoisotopic (exact) mass is 616 g/mol. The van der Waals surface area contributed by atoms with Crippen molar-refractivity contribution in [3.05, 3.63) is 93.7 Å². The van der Waals surface area contributed by atoms with Gasteiger partial charge in [0.2, 0.25) is 0 Å². The number of aryl methyl sites for hydroxylation is 2. The van der Waals surface area contributed by atoms with E-state index >= 15 is 0 Å². The van der Waals surface area contributed by atoms with Crippen LogP contribution in [0.5, 0.6) is 11.5 Å². The Morgan fingerprint density at radius 2 is 1.86 bits per heavy atom. The van der Waals surface area contributed by atoms with Crippen molar-refractivity contribution in [3.63, 3.8) is 0 Å². The van der Waals surface area contributed by atoms with Crippen molar-refractivity contribution in [3.8, 4) is 22.6 Å². The fraction of sp³-hybridized carbons (Fsp3) is 0.312. The lowest BCUT2D eigenvalue weighted by atomic mass is 9.95. The Morgan fingerprint density at radius 3 is 2.51 bits per heavy atom. The van der Waals surface area contributed by atoms with Gasteiger partial charge in [-0.05, 0) is 76.9 Å². The first kappa shape index (κ1) is 30.1. The van der Waals surface area contributed by atoms with Crippen LogP contribution in [-0.2, 0) is 9.53 Å². The average Bonchev–Trinajstić information content (AvgIpc) is 3.55. The number of hydrogen-bond acceptors (Lipinski definition) is 9. The van der Waals surface area contributed by atoms with Gasteiger partial charge in [-0.15, -0.1) is 11.3 Å². The first-order valence-electron chi connectivity index (χ1n) is 13.7. The van der Waals surface area contributed by atoms with Crippen molar-refractivity contribution >= 4 is 34.7 Å². The molecular formula is C32H32N4O5S2. The Labute approximate surface area is 257 Å². The molecule has 0 unspecified atom stereocenters. The van der Waals surface area contributed by atoms with Crippen LogP contribution in [-0.4, -0.2) is 35.9 Å². The molecule has 43 heavy (non-hydrogen) atoms. The Balaban J connectivity index is 1.73. The summed E-state index contributed by atoms with van der Waals surface area (Å²) >= 11 is 2.84.